The summed E-state index contributed by atoms with van der Waals surface area (Å²) in [4.78, 5) is 40.4. The molecule has 0 saturated carbocycles. The lowest BCUT2D eigenvalue weighted by atomic mass is 9.96. The molecular formula is C22H32N4O6. The van der Waals surface area contributed by atoms with Crippen molar-refractivity contribution in [2.45, 2.75) is 39.2 Å². The van der Waals surface area contributed by atoms with Crippen LogP contribution in [-0.2, 0) is 4.74 Å². The van der Waals surface area contributed by atoms with E-state index in [0.717, 1.165) is 38.5 Å². The third kappa shape index (κ3) is 6.09. The van der Waals surface area contributed by atoms with Gasteiger partial charge in [-0.3, -0.25) is 15.0 Å². The molecule has 1 aromatic carbocycles. The number of hydrogen-bond acceptors (Lipinski definition) is 7. The second-order valence-corrected chi connectivity index (χ2v) is 9.46. The van der Waals surface area contributed by atoms with Crippen LogP contribution in [0.5, 0.6) is 0 Å². The number of benzene rings is 1. The predicted molar refractivity (Wildman–Crippen MR) is 119 cm³/mol. The van der Waals surface area contributed by atoms with E-state index in [1.807, 2.05) is 25.7 Å². The van der Waals surface area contributed by atoms with E-state index in [1.165, 1.54) is 12.1 Å². The number of carboxylic acid groups (broad SMARTS) is 1. The molecule has 1 aromatic rings. The molecule has 2 heterocycles. The molecule has 2 aliphatic rings. The SMILES string of the molecule is CC(C)(C)OC(=O)N1CCC(CN2CCN(c3ccc([N+](=O)[O-])cc3C(=O)O)CC2)CC1. The van der Waals surface area contributed by atoms with Crippen LogP contribution < -0.4 is 4.90 Å². The Morgan fingerprint density at radius 2 is 1.75 bits per heavy atom. The third-order valence-corrected chi connectivity index (χ3v) is 5.92. The second-order valence-electron chi connectivity index (χ2n) is 9.46. The van der Waals surface area contributed by atoms with Crippen molar-refractivity contribution >= 4 is 23.4 Å². The minimum atomic E-state index is -1.16. The first-order chi connectivity index (χ1) is 15.0. The zero-order chi connectivity index (χ0) is 23.5. The van der Waals surface area contributed by atoms with Crippen LogP contribution >= 0.6 is 0 Å². The Kier molecular flexibility index (Phi) is 7.22. The normalized spacial score (nSPS) is 18.5. The fraction of sp³-hybridized carbons (Fsp3) is 0.636. The van der Waals surface area contributed by atoms with E-state index < -0.39 is 16.5 Å². The van der Waals surface area contributed by atoms with Crippen molar-refractivity contribution in [2.24, 2.45) is 5.92 Å². The molecule has 2 saturated heterocycles. The molecule has 2 fully saturated rings. The Morgan fingerprint density at radius 3 is 2.28 bits per heavy atom. The largest absolute Gasteiger partial charge is 0.478 e. The number of aromatic carboxylic acids is 1. The van der Waals surface area contributed by atoms with Crippen LogP contribution in [0, 0.1) is 16.0 Å². The average Bonchev–Trinajstić information content (AvgIpc) is 2.73. The van der Waals surface area contributed by atoms with Crippen LogP contribution in [0.25, 0.3) is 0 Å². The first-order valence-corrected chi connectivity index (χ1v) is 11.0. The van der Waals surface area contributed by atoms with Gasteiger partial charge in [0.05, 0.1) is 16.2 Å². The first kappa shape index (κ1) is 23.8. The van der Waals surface area contributed by atoms with Crippen LogP contribution in [-0.4, -0.2) is 83.3 Å². The Labute approximate surface area is 187 Å². The number of nitro groups is 1. The highest BCUT2D eigenvalue weighted by molar-refractivity contribution is 5.95. The number of rotatable bonds is 5. The maximum Gasteiger partial charge on any atom is 0.410 e. The second kappa shape index (κ2) is 9.72. The summed E-state index contributed by atoms with van der Waals surface area (Å²) in [6.07, 6.45) is 1.62. The molecule has 0 bridgehead atoms. The van der Waals surface area contributed by atoms with Crippen molar-refractivity contribution in [3.8, 4) is 0 Å². The number of nitro benzene ring substituents is 1. The number of carboxylic acids is 1. The predicted octanol–water partition coefficient (Wildman–Crippen LogP) is 3.06. The van der Waals surface area contributed by atoms with Crippen LogP contribution in [0.1, 0.15) is 44.0 Å². The van der Waals surface area contributed by atoms with E-state index in [2.05, 4.69) is 4.90 Å². The molecule has 2 aliphatic heterocycles. The summed E-state index contributed by atoms with van der Waals surface area (Å²) in [5.41, 5.74) is -0.226. The van der Waals surface area contributed by atoms with E-state index in [1.54, 1.807) is 4.90 Å². The molecule has 0 atom stereocenters. The van der Waals surface area contributed by atoms with Gasteiger partial charge in [0.15, 0.2) is 0 Å². The molecule has 0 unspecified atom stereocenters. The zero-order valence-electron chi connectivity index (χ0n) is 19.0. The number of ether oxygens (including phenoxy) is 1. The Hall–Kier alpha value is -2.88. The van der Waals surface area contributed by atoms with Gasteiger partial charge in [0.1, 0.15) is 5.60 Å². The number of piperidine rings is 1. The molecule has 10 heteroatoms. The molecule has 176 valence electrons. The summed E-state index contributed by atoms with van der Waals surface area (Å²) in [5.74, 6) is -0.655. The molecule has 3 rings (SSSR count). The van der Waals surface area contributed by atoms with Gasteiger partial charge in [0.25, 0.3) is 5.69 Å². The quantitative estimate of drug-likeness (QED) is 0.540. The number of nitrogens with zero attached hydrogens (tertiary/aromatic N) is 4. The van der Waals surface area contributed by atoms with Crippen LogP contribution in [0.15, 0.2) is 18.2 Å². The standard InChI is InChI=1S/C22H32N4O6/c1-22(2,3)32-21(29)25-8-6-16(7-9-25)15-23-10-12-24(13-11-23)19-5-4-17(26(30)31)14-18(19)20(27)28/h4-5,14,16H,6-13,15H2,1-3H3,(H,27,28). The maximum atomic E-state index is 12.2. The summed E-state index contributed by atoms with van der Waals surface area (Å²) in [5, 5.41) is 20.5. The van der Waals surface area contributed by atoms with Crippen molar-refractivity contribution in [1.29, 1.82) is 0 Å². The minimum absolute atomic E-state index is 0.0397. The number of hydrogen-bond donors (Lipinski definition) is 1. The van der Waals surface area contributed by atoms with Crippen LogP contribution in [0.2, 0.25) is 0 Å². The number of likely N-dealkylation sites (tertiary alicyclic amines) is 1. The zero-order valence-corrected chi connectivity index (χ0v) is 19.0. The minimum Gasteiger partial charge on any atom is -0.478 e. The molecule has 0 radical (unpaired) electrons. The van der Waals surface area contributed by atoms with E-state index in [0.29, 0.717) is 37.8 Å². The van der Waals surface area contributed by atoms with Gasteiger partial charge in [-0.1, -0.05) is 0 Å². The molecule has 10 nitrogen and oxygen atoms in total. The molecule has 32 heavy (non-hydrogen) atoms. The van der Waals surface area contributed by atoms with Gasteiger partial charge in [-0.2, -0.15) is 0 Å². The molecule has 1 amide bonds. The Bertz CT molecular complexity index is 852. The highest BCUT2D eigenvalue weighted by atomic mass is 16.6. The number of piperazine rings is 1. The number of non-ortho nitro benzene ring substituents is 1. The third-order valence-electron chi connectivity index (χ3n) is 5.92. The summed E-state index contributed by atoms with van der Waals surface area (Å²) < 4.78 is 5.46. The molecule has 0 aliphatic carbocycles. The number of carbonyl (C=O) groups is 2. The lowest BCUT2D eigenvalue weighted by molar-refractivity contribution is -0.384. The fourth-order valence-corrected chi connectivity index (χ4v) is 4.25. The van der Waals surface area contributed by atoms with Gasteiger partial charge in [0, 0.05) is 57.9 Å². The van der Waals surface area contributed by atoms with E-state index in [-0.39, 0.29) is 17.3 Å². The highest BCUT2D eigenvalue weighted by Gasteiger charge is 2.29. The van der Waals surface area contributed by atoms with Crippen molar-refractivity contribution in [3.05, 3.63) is 33.9 Å². The summed E-state index contributed by atoms with van der Waals surface area (Å²) >= 11 is 0. The lowest BCUT2D eigenvalue weighted by Crippen LogP contribution is -2.49. The molecule has 1 N–H and O–H groups in total. The Morgan fingerprint density at radius 1 is 1.12 bits per heavy atom. The maximum absolute atomic E-state index is 12.2. The van der Waals surface area contributed by atoms with Gasteiger partial charge >= 0.3 is 12.1 Å². The molecule has 0 spiro atoms. The van der Waals surface area contributed by atoms with Crippen molar-refractivity contribution < 1.29 is 24.4 Å². The summed E-state index contributed by atoms with van der Waals surface area (Å²) in [6.45, 7) is 10.9. The topological polar surface area (TPSA) is 116 Å². The van der Waals surface area contributed by atoms with Crippen molar-refractivity contribution in [1.82, 2.24) is 9.80 Å². The van der Waals surface area contributed by atoms with E-state index >= 15 is 0 Å². The lowest BCUT2D eigenvalue weighted by Gasteiger charge is -2.40. The number of anilines is 1. The van der Waals surface area contributed by atoms with E-state index in [4.69, 9.17) is 4.74 Å². The monoisotopic (exact) mass is 448 g/mol. The average molecular weight is 449 g/mol. The van der Waals surface area contributed by atoms with Gasteiger partial charge in [-0.15, -0.1) is 0 Å². The van der Waals surface area contributed by atoms with Gasteiger partial charge in [0.2, 0.25) is 0 Å². The van der Waals surface area contributed by atoms with Crippen molar-refractivity contribution in [2.75, 3.05) is 50.7 Å². The van der Waals surface area contributed by atoms with Crippen LogP contribution in [0.4, 0.5) is 16.2 Å². The number of carbonyl (C=O) groups excluding carboxylic acids is 1. The van der Waals surface area contributed by atoms with Gasteiger partial charge in [-0.25, -0.2) is 9.59 Å². The summed E-state index contributed by atoms with van der Waals surface area (Å²) in [7, 11) is 0. The summed E-state index contributed by atoms with van der Waals surface area (Å²) in [6, 6.07) is 4.01. The van der Waals surface area contributed by atoms with Gasteiger partial charge in [-0.05, 0) is 45.6 Å². The molecular weight excluding hydrogens is 416 g/mol. The first-order valence-electron chi connectivity index (χ1n) is 11.0. The van der Waals surface area contributed by atoms with E-state index in [9.17, 15) is 24.8 Å². The highest BCUT2D eigenvalue weighted by Crippen LogP contribution is 2.27. The molecule has 0 aromatic heterocycles. The Balaban J connectivity index is 1.50. The van der Waals surface area contributed by atoms with Gasteiger partial charge < -0.3 is 19.6 Å². The smallest absolute Gasteiger partial charge is 0.410 e. The van der Waals surface area contributed by atoms with Crippen LogP contribution in [0.3, 0.4) is 0 Å². The fourth-order valence-electron chi connectivity index (χ4n) is 4.25. The van der Waals surface area contributed by atoms with Crippen molar-refractivity contribution in [3.63, 3.8) is 0 Å². The number of amides is 1.